The Labute approximate surface area is 342 Å². The van der Waals surface area contributed by atoms with E-state index in [0.717, 1.165) is 35.1 Å². The van der Waals surface area contributed by atoms with Gasteiger partial charge in [-0.3, -0.25) is 9.97 Å². The number of hydrogen-bond donors (Lipinski definition) is 1. The number of nitrogens with zero attached hydrogens (tertiary/aromatic N) is 4. The quantitative estimate of drug-likeness (QED) is 0.152. The van der Waals surface area contributed by atoms with Crippen LogP contribution in [0.2, 0.25) is 0 Å². The fourth-order valence-electron chi connectivity index (χ4n) is 8.95. The number of aromatic nitrogens is 3. The van der Waals surface area contributed by atoms with Crippen molar-refractivity contribution in [2.75, 3.05) is 33.7 Å². The largest absolute Gasteiger partial charge is 0.358 e. The SMILES string of the molecule is CCC.CCCC1CC(/C(C)=C/C(=C(\C)c2ccc(F)cc2)c2ccncc2)CCN1C.Cc1ccc(-c2[nH]c(C3C4CN(C)CC43)cc2-c2ccncc2)cc1. The van der Waals surface area contributed by atoms with Crippen LogP contribution in [0, 0.1) is 30.5 Å². The summed E-state index contributed by atoms with van der Waals surface area (Å²) in [6, 6.07) is 27.0. The highest BCUT2D eigenvalue weighted by Gasteiger charge is 2.56. The number of nitrogens with one attached hydrogen (secondary N) is 1. The average molecular weight is 766 g/mol. The van der Waals surface area contributed by atoms with Gasteiger partial charge in [-0.15, -0.1) is 0 Å². The molecular formula is C51H64FN5. The molecule has 5 aromatic rings. The summed E-state index contributed by atoms with van der Waals surface area (Å²) in [4.78, 5) is 17.1. The van der Waals surface area contributed by atoms with Crippen LogP contribution in [0.15, 0.2) is 115 Å². The third kappa shape index (κ3) is 10.5. The number of fused-ring (bicyclic) bond motifs is 1. The van der Waals surface area contributed by atoms with E-state index in [1.807, 2.05) is 36.9 Å². The maximum absolute atomic E-state index is 13.4. The molecule has 57 heavy (non-hydrogen) atoms. The van der Waals surface area contributed by atoms with Crippen molar-refractivity contribution in [1.82, 2.24) is 24.8 Å². The topological polar surface area (TPSA) is 48.1 Å². The van der Waals surface area contributed by atoms with E-state index in [9.17, 15) is 4.39 Å². The van der Waals surface area contributed by atoms with E-state index in [1.54, 1.807) is 0 Å². The fraction of sp³-hybridized carbons (Fsp3) is 0.412. The van der Waals surface area contributed by atoms with Crippen molar-refractivity contribution in [1.29, 1.82) is 0 Å². The summed E-state index contributed by atoms with van der Waals surface area (Å²) < 4.78 is 13.4. The van der Waals surface area contributed by atoms with Gasteiger partial charge in [0.25, 0.3) is 0 Å². The first kappa shape index (κ1) is 42.0. The first-order valence-electron chi connectivity index (χ1n) is 21.3. The molecule has 300 valence electrons. The van der Waals surface area contributed by atoms with Gasteiger partial charge < -0.3 is 14.8 Å². The molecule has 0 radical (unpaired) electrons. The molecule has 8 rings (SSSR count). The second kappa shape index (κ2) is 19.7. The summed E-state index contributed by atoms with van der Waals surface area (Å²) >= 11 is 0. The van der Waals surface area contributed by atoms with E-state index >= 15 is 0 Å². The van der Waals surface area contributed by atoms with Crippen LogP contribution in [0.1, 0.15) is 95.0 Å². The van der Waals surface area contributed by atoms with Crippen molar-refractivity contribution in [2.45, 2.75) is 85.6 Å². The maximum atomic E-state index is 13.4. The van der Waals surface area contributed by atoms with Gasteiger partial charge in [0.05, 0.1) is 5.69 Å². The zero-order chi connectivity index (χ0) is 40.5. The number of rotatable bonds is 9. The average Bonchev–Trinajstić information content (AvgIpc) is 3.49. The van der Waals surface area contributed by atoms with Crippen LogP contribution in [0.25, 0.3) is 33.5 Å². The number of allylic oxidation sites excluding steroid dienone is 4. The minimum Gasteiger partial charge on any atom is -0.358 e. The van der Waals surface area contributed by atoms with Gasteiger partial charge in [0.15, 0.2) is 0 Å². The smallest absolute Gasteiger partial charge is 0.123 e. The Balaban J connectivity index is 0.000000182. The monoisotopic (exact) mass is 766 g/mol. The van der Waals surface area contributed by atoms with Crippen molar-refractivity contribution in [3.63, 3.8) is 0 Å². The molecule has 2 aromatic carbocycles. The van der Waals surface area contributed by atoms with E-state index in [0.29, 0.717) is 17.9 Å². The zero-order valence-corrected chi connectivity index (χ0v) is 35.6. The van der Waals surface area contributed by atoms with Crippen LogP contribution >= 0.6 is 0 Å². The standard InChI is InChI=1S/C26H33FN2.C22H23N3.C3H8/c1-5-6-25-18-23(13-16-29(25)4)19(2)17-26(22-11-14-28-15-12-22)20(3)21-7-9-24(27)10-8-21;1-14-3-5-16(6-4-14)22-17(15-7-9-23-10-8-15)11-20(24-22)21-18-12-25(2)13-19(18)21;1-3-2/h7-12,14-15,17,23,25H,5-6,13,16,18H2,1-4H3;3-11,18-19,21,24H,12-13H2,1-2H3;3H2,1-2H3/b19-17+,26-20-;;. The minimum atomic E-state index is -0.202. The molecule has 1 aliphatic carbocycles. The van der Waals surface area contributed by atoms with E-state index in [4.69, 9.17) is 0 Å². The second-order valence-corrected chi connectivity index (χ2v) is 16.7. The normalized spacial score (nSPS) is 22.4. The lowest BCUT2D eigenvalue weighted by atomic mass is 9.82. The Bertz CT molecular complexity index is 2050. The summed E-state index contributed by atoms with van der Waals surface area (Å²) in [7, 11) is 4.49. The van der Waals surface area contributed by atoms with Crippen LogP contribution in [-0.4, -0.2) is 64.5 Å². The van der Waals surface area contributed by atoms with Crippen molar-refractivity contribution in [3.05, 3.63) is 144 Å². The van der Waals surface area contributed by atoms with E-state index in [2.05, 4.69) is 141 Å². The summed E-state index contributed by atoms with van der Waals surface area (Å²) in [6.07, 6.45) is 16.0. The Morgan fingerprint density at radius 1 is 0.807 bits per heavy atom. The maximum Gasteiger partial charge on any atom is 0.123 e. The van der Waals surface area contributed by atoms with Crippen molar-refractivity contribution >= 4 is 11.1 Å². The van der Waals surface area contributed by atoms with Gasteiger partial charge in [0.2, 0.25) is 0 Å². The molecule has 6 heteroatoms. The lowest BCUT2D eigenvalue weighted by Crippen LogP contribution is -2.39. The number of H-pyrrole nitrogens is 1. The number of hydrogen-bond acceptors (Lipinski definition) is 4. The highest BCUT2D eigenvalue weighted by atomic mass is 19.1. The molecular weight excluding hydrogens is 702 g/mol. The summed E-state index contributed by atoms with van der Waals surface area (Å²) in [6.45, 7) is 16.7. The molecule has 1 saturated carbocycles. The highest BCUT2D eigenvalue weighted by molar-refractivity contribution is 5.95. The Morgan fingerprint density at radius 3 is 2.04 bits per heavy atom. The van der Waals surface area contributed by atoms with Crippen molar-refractivity contribution in [3.8, 4) is 22.4 Å². The van der Waals surface area contributed by atoms with E-state index < -0.39 is 0 Å². The Kier molecular flexibility index (Phi) is 14.5. The van der Waals surface area contributed by atoms with Crippen LogP contribution in [-0.2, 0) is 0 Å². The molecule has 2 saturated heterocycles. The summed E-state index contributed by atoms with van der Waals surface area (Å²) in [5.41, 5.74) is 13.7. The highest BCUT2D eigenvalue weighted by Crippen LogP contribution is 2.58. The lowest BCUT2D eigenvalue weighted by molar-refractivity contribution is 0.146. The number of pyridine rings is 2. The van der Waals surface area contributed by atoms with Crippen molar-refractivity contribution in [2.24, 2.45) is 17.8 Å². The van der Waals surface area contributed by atoms with Gasteiger partial charge in [-0.1, -0.05) is 87.2 Å². The molecule has 4 atom stereocenters. The van der Waals surface area contributed by atoms with E-state index in [-0.39, 0.29) is 5.82 Å². The van der Waals surface area contributed by atoms with Gasteiger partial charge in [-0.2, -0.15) is 0 Å². The Morgan fingerprint density at radius 2 is 1.42 bits per heavy atom. The number of likely N-dealkylation sites (tertiary alicyclic amines) is 2. The van der Waals surface area contributed by atoms with Gasteiger partial charge in [-0.05, 0) is 154 Å². The van der Waals surface area contributed by atoms with E-state index in [1.165, 1.54) is 102 Å². The van der Waals surface area contributed by atoms with Crippen LogP contribution < -0.4 is 0 Å². The molecule has 3 aliphatic rings. The number of aromatic amines is 1. The molecule has 2 aliphatic heterocycles. The second-order valence-electron chi connectivity index (χ2n) is 16.7. The molecule has 5 nitrogen and oxygen atoms in total. The predicted octanol–water partition coefficient (Wildman–Crippen LogP) is 12.4. The molecule has 0 spiro atoms. The third-order valence-electron chi connectivity index (χ3n) is 12.2. The molecule has 5 heterocycles. The fourth-order valence-corrected chi connectivity index (χ4v) is 8.95. The number of benzene rings is 2. The van der Waals surface area contributed by atoms with Gasteiger partial charge in [0.1, 0.15) is 5.82 Å². The zero-order valence-electron chi connectivity index (χ0n) is 35.6. The molecule has 3 fully saturated rings. The molecule has 1 N–H and O–H groups in total. The predicted molar refractivity (Wildman–Crippen MR) is 238 cm³/mol. The number of halogens is 1. The summed E-state index contributed by atoms with van der Waals surface area (Å²) in [5, 5.41) is 0. The van der Waals surface area contributed by atoms with Crippen LogP contribution in [0.3, 0.4) is 0 Å². The molecule has 0 amide bonds. The summed E-state index contributed by atoms with van der Waals surface area (Å²) in [5.74, 6) is 2.78. The van der Waals surface area contributed by atoms with Gasteiger partial charge in [-0.25, -0.2) is 4.39 Å². The molecule has 3 aromatic heterocycles. The van der Waals surface area contributed by atoms with Gasteiger partial charge in [0, 0.05) is 61.1 Å². The minimum absolute atomic E-state index is 0.202. The Hall–Kier alpha value is -4.65. The number of aryl methyl sites for hydroxylation is 1. The first-order valence-corrected chi connectivity index (χ1v) is 21.3. The van der Waals surface area contributed by atoms with Crippen LogP contribution in [0.4, 0.5) is 4.39 Å². The third-order valence-corrected chi connectivity index (χ3v) is 12.2. The van der Waals surface area contributed by atoms with Crippen LogP contribution in [0.5, 0.6) is 0 Å². The van der Waals surface area contributed by atoms with Crippen molar-refractivity contribution < 1.29 is 4.39 Å². The number of piperidine rings is 2. The van der Waals surface area contributed by atoms with Gasteiger partial charge >= 0.3 is 0 Å². The molecule has 4 unspecified atom stereocenters. The molecule has 0 bridgehead atoms. The lowest BCUT2D eigenvalue weighted by Gasteiger charge is -2.37. The first-order chi connectivity index (χ1) is 27.6.